The van der Waals surface area contributed by atoms with E-state index in [0.29, 0.717) is 13.0 Å². The summed E-state index contributed by atoms with van der Waals surface area (Å²) in [4.78, 5) is 10.9. The average molecular weight is 250 g/mol. The molecule has 2 rings (SSSR count). The van der Waals surface area contributed by atoms with Crippen molar-refractivity contribution in [1.29, 1.82) is 0 Å². The fourth-order valence-corrected chi connectivity index (χ4v) is 1.99. The predicted molar refractivity (Wildman–Crippen MR) is 66.8 cm³/mol. The highest BCUT2D eigenvalue weighted by atomic mass is 16.5. The molecular weight excluding hydrogens is 232 g/mol. The molecule has 2 atom stereocenters. The standard InChI is InChI=1S/C14H18O4/c1-10(14(15)16)8-11-4-2-3-5-13(11)18-12-6-7-17-9-12/h2-5,10,12H,6-9H2,1H3,(H,15,16). The molecule has 4 nitrogen and oxygen atoms in total. The first kappa shape index (κ1) is 12.9. The van der Waals surface area contributed by atoms with Gasteiger partial charge in [-0.1, -0.05) is 25.1 Å². The third kappa shape index (κ3) is 3.23. The maximum atomic E-state index is 10.9. The van der Waals surface area contributed by atoms with Crippen molar-refractivity contribution in [2.75, 3.05) is 13.2 Å². The second kappa shape index (κ2) is 5.87. The van der Waals surface area contributed by atoms with Crippen molar-refractivity contribution in [3.63, 3.8) is 0 Å². The Morgan fingerprint density at radius 1 is 1.56 bits per heavy atom. The second-order valence-electron chi connectivity index (χ2n) is 4.65. The van der Waals surface area contributed by atoms with E-state index < -0.39 is 11.9 Å². The number of hydrogen-bond donors (Lipinski definition) is 1. The first-order valence-electron chi connectivity index (χ1n) is 6.22. The predicted octanol–water partition coefficient (Wildman–Crippen LogP) is 2.12. The lowest BCUT2D eigenvalue weighted by molar-refractivity contribution is -0.141. The summed E-state index contributed by atoms with van der Waals surface area (Å²) < 4.78 is 11.1. The van der Waals surface area contributed by atoms with Crippen LogP contribution in [0, 0.1) is 5.92 Å². The van der Waals surface area contributed by atoms with Gasteiger partial charge >= 0.3 is 5.97 Å². The Kier molecular flexibility index (Phi) is 4.20. The lowest BCUT2D eigenvalue weighted by Gasteiger charge is -2.16. The monoisotopic (exact) mass is 250 g/mol. The normalized spacial score (nSPS) is 20.6. The zero-order valence-corrected chi connectivity index (χ0v) is 10.5. The summed E-state index contributed by atoms with van der Waals surface area (Å²) in [5.41, 5.74) is 0.944. The van der Waals surface area contributed by atoms with Gasteiger partial charge in [0.1, 0.15) is 11.9 Å². The number of carboxylic acid groups (broad SMARTS) is 1. The highest BCUT2D eigenvalue weighted by molar-refractivity contribution is 5.70. The van der Waals surface area contributed by atoms with Gasteiger partial charge in [-0.25, -0.2) is 0 Å². The van der Waals surface area contributed by atoms with Gasteiger partial charge in [-0.2, -0.15) is 0 Å². The second-order valence-corrected chi connectivity index (χ2v) is 4.65. The maximum Gasteiger partial charge on any atom is 0.306 e. The van der Waals surface area contributed by atoms with E-state index in [0.717, 1.165) is 24.3 Å². The van der Waals surface area contributed by atoms with Gasteiger partial charge in [0.05, 0.1) is 19.1 Å². The molecule has 4 heteroatoms. The molecule has 2 unspecified atom stereocenters. The molecule has 1 aromatic rings. The number of hydrogen-bond acceptors (Lipinski definition) is 3. The van der Waals surface area contributed by atoms with E-state index in [1.165, 1.54) is 0 Å². The molecule has 1 fully saturated rings. The number of aliphatic carboxylic acids is 1. The fraction of sp³-hybridized carbons (Fsp3) is 0.500. The fourth-order valence-electron chi connectivity index (χ4n) is 1.99. The van der Waals surface area contributed by atoms with Gasteiger partial charge in [0.15, 0.2) is 0 Å². The van der Waals surface area contributed by atoms with E-state index in [1.807, 2.05) is 24.3 Å². The summed E-state index contributed by atoms with van der Waals surface area (Å²) in [6, 6.07) is 7.62. The SMILES string of the molecule is CC(Cc1ccccc1OC1CCOC1)C(=O)O. The van der Waals surface area contributed by atoms with E-state index in [1.54, 1.807) is 6.92 Å². The van der Waals surface area contributed by atoms with Crippen molar-refractivity contribution in [2.24, 2.45) is 5.92 Å². The van der Waals surface area contributed by atoms with Gasteiger partial charge in [0, 0.05) is 6.42 Å². The van der Waals surface area contributed by atoms with Crippen LogP contribution in [0.4, 0.5) is 0 Å². The Labute approximate surface area is 107 Å². The summed E-state index contributed by atoms with van der Waals surface area (Å²) >= 11 is 0. The Morgan fingerprint density at radius 3 is 3.00 bits per heavy atom. The summed E-state index contributed by atoms with van der Waals surface area (Å²) in [5, 5.41) is 8.96. The number of benzene rings is 1. The molecule has 18 heavy (non-hydrogen) atoms. The Morgan fingerprint density at radius 2 is 2.33 bits per heavy atom. The lowest BCUT2D eigenvalue weighted by Crippen LogP contribution is -2.18. The quantitative estimate of drug-likeness (QED) is 0.869. The molecule has 1 aliphatic heterocycles. The van der Waals surface area contributed by atoms with E-state index in [4.69, 9.17) is 14.6 Å². The maximum absolute atomic E-state index is 10.9. The van der Waals surface area contributed by atoms with Crippen molar-refractivity contribution in [3.05, 3.63) is 29.8 Å². The molecule has 0 saturated carbocycles. The lowest BCUT2D eigenvalue weighted by atomic mass is 10.0. The molecule has 1 heterocycles. The summed E-state index contributed by atoms with van der Waals surface area (Å²) in [6.45, 7) is 3.05. The Bertz CT molecular complexity index is 410. The minimum Gasteiger partial charge on any atom is -0.488 e. The van der Waals surface area contributed by atoms with Crippen LogP contribution in [0.5, 0.6) is 5.75 Å². The Balaban J connectivity index is 2.06. The van der Waals surface area contributed by atoms with Gasteiger partial charge in [-0.05, 0) is 18.1 Å². The number of carbonyl (C=O) groups is 1. The largest absolute Gasteiger partial charge is 0.488 e. The minimum atomic E-state index is -0.783. The topological polar surface area (TPSA) is 55.8 Å². The summed E-state index contributed by atoms with van der Waals surface area (Å²) in [7, 11) is 0. The molecule has 0 bridgehead atoms. The van der Waals surface area contributed by atoms with Crippen molar-refractivity contribution in [1.82, 2.24) is 0 Å². The number of rotatable bonds is 5. The molecule has 1 saturated heterocycles. The molecule has 0 radical (unpaired) electrons. The van der Waals surface area contributed by atoms with E-state index >= 15 is 0 Å². The van der Waals surface area contributed by atoms with Crippen LogP contribution in [0.15, 0.2) is 24.3 Å². The molecule has 1 N–H and O–H groups in total. The van der Waals surface area contributed by atoms with Crippen molar-refractivity contribution in [2.45, 2.75) is 25.9 Å². The molecule has 0 spiro atoms. The van der Waals surface area contributed by atoms with Crippen molar-refractivity contribution >= 4 is 5.97 Å². The first-order chi connectivity index (χ1) is 8.66. The van der Waals surface area contributed by atoms with Crippen molar-refractivity contribution < 1.29 is 19.4 Å². The molecular formula is C14H18O4. The van der Waals surface area contributed by atoms with Crippen LogP contribution in [-0.4, -0.2) is 30.4 Å². The molecule has 0 aliphatic carbocycles. The van der Waals surface area contributed by atoms with Gasteiger partial charge in [-0.15, -0.1) is 0 Å². The van der Waals surface area contributed by atoms with Gasteiger partial charge in [-0.3, -0.25) is 4.79 Å². The van der Waals surface area contributed by atoms with Crippen LogP contribution >= 0.6 is 0 Å². The highest BCUT2D eigenvalue weighted by Gasteiger charge is 2.20. The zero-order chi connectivity index (χ0) is 13.0. The van der Waals surface area contributed by atoms with Crippen LogP contribution < -0.4 is 4.74 Å². The van der Waals surface area contributed by atoms with Crippen LogP contribution in [0.1, 0.15) is 18.9 Å². The molecule has 0 aromatic heterocycles. The van der Waals surface area contributed by atoms with Gasteiger partial charge in [0.25, 0.3) is 0 Å². The zero-order valence-electron chi connectivity index (χ0n) is 10.5. The van der Waals surface area contributed by atoms with Crippen LogP contribution in [0.25, 0.3) is 0 Å². The van der Waals surface area contributed by atoms with E-state index in [-0.39, 0.29) is 6.10 Å². The Hall–Kier alpha value is -1.55. The smallest absolute Gasteiger partial charge is 0.306 e. The van der Waals surface area contributed by atoms with Gasteiger partial charge < -0.3 is 14.6 Å². The number of para-hydroxylation sites is 1. The van der Waals surface area contributed by atoms with Crippen LogP contribution in [-0.2, 0) is 16.0 Å². The van der Waals surface area contributed by atoms with Crippen LogP contribution in [0.3, 0.4) is 0 Å². The van der Waals surface area contributed by atoms with Crippen molar-refractivity contribution in [3.8, 4) is 5.75 Å². The molecule has 0 amide bonds. The van der Waals surface area contributed by atoms with E-state index in [2.05, 4.69) is 0 Å². The van der Waals surface area contributed by atoms with Gasteiger partial charge in [0.2, 0.25) is 0 Å². The third-order valence-electron chi connectivity index (χ3n) is 3.10. The molecule has 1 aliphatic rings. The number of carboxylic acids is 1. The molecule has 98 valence electrons. The minimum absolute atomic E-state index is 0.0892. The first-order valence-corrected chi connectivity index (χ1v) is 6.22. The molecule has 1 aromatic carbocycles. The summed E-state index contributed by atoms with van der Waals surface area (Å²) in [6.07, 6.45) is 1.47. The van der Waals surface area contributed by atoms with Crippen LogP contribution in [0.2, 0.25) is 0 Å². The highest BCUT2D eigenvalue weighted by Crippen LogP contribution is 2.24. The summed E-state index contributed by atoms with van der Waals surface area (Å²) in [5.74, 6) is -0.412. The number of ether oxygens (including phenoxy) is 2. The third-order valence-corrected chi connectivity index (χ3v) is 3.10. The average Bonchev–Trinajstić information content (AvgIpc) is 2.84. The van der Waals surface area contributed by atoms with E-state index in [9.17, 15) is 4.79 Å².